The number of ketones is 1. The second kappa shape index (κ2) is 9.18. The van der Waals surface area contributed by atoms with E-state index < -0.39 is 5.41 Å². The van der Waals surface area contributed by atoms with Crippen LogP contribution in [0.5, 0.6) is 0 Å². The van der Waals surface area contributed by atoms with Gasteiger partial charge < -0.3 is 9.57 Å². The Balaban J connectivity index is 1.55. The van der Waals surface area contributed by atoms with Crippen molar-refractivity contribution in [2.75, 3.05) is 13.7 Å². The topological polar surface area (TPSA) is 65.0 Å². The van der Waals surface area contributed by atoms with Gasteiger partial charge in [-0.2, -0.15) is 0 Å². The minimum atomic E-state index is -0.481. The molecule has 0 bridgehead atoms. The van der Waals surface area contributed by atoms with Crippen LogP contribution in [0.1, 0.15) is 120 Å². The monoisotopic (exact) mass is 539 g/mol. The Bertz CT molecular complexity index is 1110. The molecule has 0 aromatic carbocycles. The first kappa shape index (κ1) is 28.9. The summed E-state index contributed by atoms with van der Waals surface area (Å²) < 4.78 is 5.28. The van der Waals surface area contributed by atoms with E-state index in [1.165, 1.54) is 18.4 Å². The molecule has 218 valence electrons. The van der Waals surface area contributed by atoms with Gasteiger partial charge in [-0.1, -0.05) is 59.2 Å². The molecule has 5 rings (SSSR count). The van der Waals surface area contributed by atoms with Gasteiger partial charge in [-0.25, -0.2) is 0 Å². The Morgan fingerprint density at radius 1 is 1.00 bits per heavy atom. The van der Waals surface area contributed by atoms with Gasteiger partial charge in [-0.15, -0.1) is 0 Å². The zero-order valence-corrected chi connectivity index (χ0v) is 26.2. The van der Waals surface area contributed by atoms with E-state index in [1.54, 1.807) is 0 Å². The van der Waals surface area contributed by atoms with E-state index in [9.17, 15) is 9.59 Å². The molecule has 5 aliphatic carbocycles. The molecule has 1 unspecified atom stereocenters. The SMILES string of the molecule is CCCO/N=C1/CC[C@]2(C)[C@H]3C(=O)C=C4[C@@H]5C[C@](C)(C(=O)OC)CCC5(C)CC[C@@]4(C)[C@]3(C)CC[C@H]2C1(C)C. The molecule has 0 radical (unpaired) electrons. The highest BCUT2D eigenvalue weighted by Crippen LogP contribution is 2.75. The van der Waals surface area contributed by atoms with Gasteiger partial charge in [0.2, 0.25) is 0 Å². The molecule has 0 aliphatic heterocycles. The predicted octanol–water partition coefficient (Wildman–Crippen LogP) is 7.92. The number of ether oxygens (including phenoxy) is 1. The van der Waals surface area contributed by atoms with Crippen molar-refractivity contribution in [1.82, 2.24) is 0 Å². The second-order valence-electron chi connectivity index (χ2n) is 15.8. The molecule has 0 aromatic heterocycles. The summed E-state index contributed by atoms with van der Waals surface area (Å²) in [7, 11) is 1.51. The third kappa shape index (κ3) is 3.86. The summed E-state index contributed by atoms with van der Waals surface area (Å²) in [6, 6.07) is 0. The average molecular weight is 540 g/mol. The molecule has 0 saturated heterocycles. The fourth-order valence-corrected chi connectivity index (χ4v) is 10.8. The van der Waals surface area contributed by atoms with E-state index in [1.807, 2.05) is 0 Å². The van der Waals surface area contributed by atoms with Crippen LogP contribution in [0.2, 0.25) is 0 Å². The quantitative estimate of drug-likeness (QED) is 0.207. The number of allylic oxidation sites excluding steroid dienone is 2. The maximum Gasteiger partial charge on any atom is 0.311 e. The smallest absolute Gasteiger partial charge is 0.311 e. The molecule has 5 aliphatic rings. The lowest BCUT2D eigenvalue weighted by atomic mass is 9.33. The molecule has 0 spiro atoms. The Morgan fingerprint density at radius 3 is 2.36 bits per heavy atom. The van der Waals surface area contributed by atoms with E-state index in [0.717, 1.165) is 64.2 Å². The van der Waals surface area contributed by atoms with Crippen LogP contribution in [0, 0.1) is 50.2 Å². The van der Waals surface area contributed by atoms with Gasteiger partial charge in [0, 0.05) is 11.3 Å². The zero-order valence-electron chi connectivity index (χ0n) is 26.2. The lowest BCUT2D eigenvalue weighted by Crippen LogP contribution is -2.66. The van der Waals surface area contributed by atoms with Gasteiger partial charge in [-0.3, -0.25) is 9.59 Å². The van der Waals surface area contributed by atoms with Crippen LogP contribution in [-0.4, -0.2) is 31.2 Å². The number of fused-ring (bicyclic) bond motifs is 7. The summed E-state index contributed by atoms with van der Waals surface area (Å²) in [5.74, 6) is 0.898. The van der Waals surface area contributed by atoms with Crippen LogP contribution in [0.15, 0.2) is 16.8 Å². The van der Waals surface area contributed by atoms with Gasteiger partial charge in [0.1, 0.15) is 6.61 Å². The molecule has 4 fully saturated rings. The Morgan fingerprint density at radius 2 is 1.69 bits per heavy atom. The third-order valence-electron chi connectivity index (χ3n) is 13.5. The van der Waals surface area contributed by atoms with Crippen LogP contribution in [0.25, 0.3) is 0 Å². The van der Waals surface area contributed by atoms with Gasteiger partial charge >= 0.3 is 5.97 Å². The number of esters is 1. The molecule has 8 atom stereocenters. The fraction of sp³-hybridized carbons (Fsp3) is 0.853. The number of carbonyl (C=O) groups excluding carboxylic acids is 2. The lowest BCUT2D eigenvalue weighted by molar-refractivity contribution is -0.176. The maximum atomic E-state index is 14.5. The predicted molar refractivity (Wildman–Crippen MR) is 155 cm³/mol. The summed E-state index contributed by atoms with van der Waals surface area (Å²) in [5.41, 5.74) is 1.88. The minimum absolute atomic E-state index is 0.00910. The highest BCUT2D eigenvalue weighted by molar-refractivity contribution is 5.97. The largest absolute Gasteiger partial charge is 0.469 e. The van der Waals surface area contributed by atoms with Crippen molar-refractivity contribution in [2.24, 2.45) is 55.4 Å². The first-order valence-corrected chi connectivity index (χ1v) is 15.7. The Labute approximate surface area is 236 Å². The van der Waals surface area contributed by atoms with Crippen molar-refractivity contribution in [3.63, 3.8) is 0 Å². The van der Waals surface area contributed by atoms with Crippen LogP contribution in [0.4, 0.5) is 0 Å². The molecule has 0 aromatic rings. The number of hydrogen-bond donors (Lipinski definition) is 0. The number of hydrogen-bond acceptors (Lipinski definition) is 5. The first-order chi connectivity index (χ1) is 18.1. The van der Waals surface area contributed by atoms with E-state index in [0.29, 0.717) is 18.3 Å². The van der Waals surface area contributed by atoms with E-state index in [2.05, 4.69) is 66.6 Å². The van der Waals surface area contributed by atoms with Crippen LogP contribution < -0.4 is 0 Å². The molecule has 0 heterocycles. The molecule has 4 saturated carbocycles. The normalized spacial score (nSPS) is 47.7. The van der Waals surface area contributed by atoms with Crippen molar-refractivity contribution >= 4 is 17.5 Å². The molecular formula is C34H53NO4. The van der Waals surface area contributed by atoms with Crippen LogP contribution in [0.3, 0.4) is 0 Å². The number of oxime groups is 1. The van der Waals surface area contributed by atoms with Crippen molar-refractivity contribution in [1.29, 1.82) is 0 Å². The zero-order chi connectivity index (χ0) is 28.6. The fourth-order valence-electron chi connectivity index (χ4n) is 10.8. The summed E-state index contributed by atoms with van der Waals surface area (Å²) in [6.45, 7) is 19.3. The molecule has 5 nitrogen and oxygen atoms in total. The van der Waals surface area contributed by atoms with Crippen molar-refractivity contribution in [2.45, 2.75) is 120 Å². The van der Waals surface area contributed by atoms with Gasteiger partial charge in [0.15, 0.2) is 5.78 Å². The van der Waals surface area contributed by atoms with E-state index in [-0.39, 0.29) is 44.9 Å². The molecule has 0 amide bonds. The first-order valence-electron chi connectivity index (χ1n) is 15.7. The highest BCUT2D eigenvalue weighted by Gasteiger charge is 2.70. The number of rotatable bonds is 4. The Hall–Kier alpha value is -1.65. The van der Waals surface area contributed by atoms with E-state index >= 15 is 0 Å². The van der Waals surface area contributed by atoms with Crippen molar-refractivity contribution < 1.29 is 19.2 Å². The molecule has 0 N–H and O–H groups in total. The Kier molecular flexibility index (Phi) is 6.79. The van der Waals surface area contributed by atoms with Crippen LogP contribution in [-0.2, 0) is 19.2 Å². The average Bonchev–Trinajstić information content (AvgIpc) is 2.87. The summed E-state index contributed by atoms with van der Waals surface area (Å²) >= 11 is 0. The minimum Gasteiger partial charge on any atom is -0.469 e. The van der Waals surface area contributed by atoms with Gasteiger partial charge in [0.05, 0.1) is 18.2 Å². The second-order valence-corrected chi connectivity index (χ2v) is 15.8. The lowest BCUT2D eigenvalue weighted by Gasteiger charge is -2.70. The summed E-state index contributed by atoms with van der Waals surface area (Å²) in [4.78, 5) is 33.1. The summed E-state index contributed by atoms with van der Waals surface area (Å²) in [6.07, 6.45) is 12.1. The summed E-state index contributed by atoms with van der Waals surface area (Å²) in [5, 5.41) is 4.64. The van der Waals surface area contributed by atoms with Crippen molar-refractivity contribution in [3.05, 3.63) is 11.6 Å². The number of carbonyl (C=O) groups is 2. The molecule has 5 heteroatoms. The maximum absolute atomic E-state index is 14.5. The third-order valence-corrected chi connectivity index (χ3v) is 13.5. The molecule has 39 heavy (non-hydrogen) atoms. The van der Waals surface area contributed by atoms with Gasteiger partial charge in [0.25, 0.3) is 0 Å². The standard InChI is InChI=1S/C34H53NO4/c1-10-19-39-35-26-12-13-32(6)25(29(26,2)3)11-14-34(8)27(32)24(36)20-22-23-21-31(5,28(37)38-9)16-15-30(23,4)17-18-33(22,34)7/h20,23,25,27H,10-19,21H2,1-9H3/b35-26-/t23-,25-,27+,30?,31+,32-,33+,34+/m0/s1. The number of methoxy groups -OCH3 is 1. The van der Waals surface area contributed by atoms with Crippen molar-refractivity contribution in [3.8, 4) is 0 Å². The van der Waals surface area contributed by atoms with E-state index in [4.69, 9.17) is 9.57 Å². The van der Waals surface area contributed by atoms with Gasteiger partial charge in [-0.05, 0) is 111 Å². The molecular weight excluding hydrogens is 486 g/mol. The van der Waals surface area contributed by atoms with Crippen LogP contribution >= 0.6 is 0 Å². The number of nitrogens with zero attached hydrogens (tertiary/aromatic N) is 1. The highest BCUT2D eigenvalue weighted by atomic mass is 16.6.